The minimum atomic E-state index is -0.380. The van der Waals surface area contributed by atoms with Crippen LogP contribution in [-0.4, -0.2) is 57.7 Å². The van der Waals surface area contributed by atoms with Crippen molar-refractivity contribution in [2.24, 2.45) is 5.92 Å². The lowest BCUT2D eigenvalue weighted by Gasteiger charge is -2.21. The van der Waals surface area contributed by atoms with E-state index in [1.807, 2.05) is 18.2 Å². The fourth-order valence-corrected chi connectivity index (χ4v) is 4.12. The van der Waals surface area contributed by atoms with E-state index in [1.54, 1.807) is 50.5 Å². The van der Waals surface area contributed by atoms with Gasteiger partial charge in [0.05, 0.1) is 27.2 Å². The lowest BCUT2D eigenvalue weighted by atomic mass is 9.87. The van der Waals surface area contributed by atoms with Crippen LogP contribution < -0.4 is 19.5 Å². The molecule has 2 aromatic rings. The summed E-state index contributed by atoms with van der Waals surface area (Å²) in [6, 6.07) is 12.6. The van der Waals surface area contributed by atoms with Crippen LogP contribution in [0.3, 0.4) is 0 Å². The molecule has 0 spiro atoms. The van der Waals surface area contributed by atoms with E-state index >= 15 is 0 Å². The molecule has 2 aromatic carbocycles. The molecule has 0 radical (unpaired) electrons. The number of nitrogens with one attached hydrogen (secondary N) is 1. The number of methoxy groups -OCH3 is 3. The van der Waals surface area contributed by atoms with Crippen molar-refractivity contribution < 1.29 is 23.8 Å². The topological polar surface area (TPSA) is 77.1 Å². The highest BCUT2D eigenvalue weighted by atomic mass is 16.5. The number of carbonyl (C=O) groups excluding carboxylic acids is 2. The van der Waals surface area contributed by atoms with Crippen molar-refractivity contribution in [2.75, 3.05) is 41.0 Å². The zero-order valence-electron chi connectivity index (χ0n) is 19.2. The lowest BCUT2D eigenvalue weighted by Crippen LogP contribution is -2.36. The number of hydrogen-bond donors (Lipinski definition) is 1. The van der Waals surface area contributed by atoms with Crippen LogP contribution in [-0.2, 0) is 4.79 Å². The average Bonchev–Trinajstić information content (AvgIpc) is 3.28. The normalized spacial score (nSPS) is 17.7. The summed E-state index contributed by atoms with van der Waals surface area (Å²) in [5.74, 6) is 1.32. The van der Waals surface area contributed by atoms with Crippen LogP contribution in [0.15, 0.2) is 42.5 Å². The Balaban J connectivity index is 1.90. The Bertz CT molecular complexity index is 928. The molecule has 2 unspecified atom stereocenters. The van der Waals surface area contributed by atoms with Crippen LogP contribution in [0.5, 0.6) is 17.2 Å². The predicted molar refractivity (Wildman–Crippen MR) is 123 cm³/mol. The standard InChI is InChI=1S/C25H32N2O5/c1-5-6-13-26-24(28)22-16-27(25(29)17-7-9-18(30-2)10-8-17)15-21(22)20-14-19(31-3)11-12-23(20)32-4/h7-12,14,21-22H,5-6,13,15-16H2,1-4H3,(H,26,28). The summed E-state index contributed by atoms with van der Waals surface area (Å²) in [4.78, 5) is 28.1. The summed E-state index contributed by atoms with van der Waals surface area (Å²) in [6.07, 6.45) is 1.92. The van der Waals surface area contributed by atoms with Crippen LogP contribution in [0.4, 0.5) is 0 Å². The molecule has 32 heavy (non-hydrogen) atoms. The molecule has 1 heterocycles. The first-order valence-electron chi connectivity index (χ1n) is 10.9. The number of hydrogen-bond acceptors (Lipinski definition) is 5. The fraction of sp³-hybridized carbons (Fsp3) is 0.440. The molecule has 0 saturated carbocycles. The Hall–Kier alpha value is -3.22. The van der Waals surface area contributed by atoms with Gasteiger partial charge in [-0.15, -0.1) is 0 Å². The van der Waals surface area contributed by atoms with Crippen LogP contribution in [0.25, 0.3) is 0 Å². The molecule has 2 atom stereocenters. The van der Waals surface area contributed by atoms with E-state index in [0.29, 0.717) is 42.4 Å². The zero-order valence-corrected chi connectivity index (χ0v) is 19.2. The minimum Gasteiger partial charge on any atom is -0.497 e. The van der Waals surface area contributed by atoms with Gasteiger partial charge in [-0.25, -0.2) is 0 Å². The van der Waals surface area contributed by atoms with E-state index in [9.17, 15) is 9.59 Å². The van der Waals surface area contributed by atoms with Gasteiger partial charge in [-0.2, -0.15) is 0 Å². The summed E-state index contributed by atoms with van der Waals surface area (Å²) < 4.78 is 16.2. The summed E-state index contributed by atoms with van der Waals surface area (Å²) in [5, 5.41) is 3.04. The second kappa shape index (κ2) is 10.9. The zero-order chi connectivity index (χ0) is 23.1. The van der Waals surface area contributed by atoms with E-state index in [4.69, 9.17) is 14.2 Å². The van der Waals surface area contributed by atoms with Crippen molar-refractivity contribution in [2.45, 2.75) is 25.7 Å². The second-order valence-corrected chi connectivity index (χ2v) is 7.90. The fourth-order valence-electron chi connectivity index (χ4n) is 4.12. The maximum absolute atomic E-state index is 13.2. The molecule has 1 aliphatic heterocycles. The van der Waals surface area contributed by atoms with Crippen molar-refractivity contribution >= 4 is 11.8 Å². The van der Waals surface area contributed by atoms with Crippen LogP contribution in [0, 0.1) is 5.92 Å². The van der Waals surface area contributed by atoms with Crippen molar-refractivity contribution in [1.82, 2.24) is 10.2 Å². The van der Waals surface area contributed by atoms with E-state index in [1.165, 1.54) is 0 Å². The first-order valence-corrected chi connectivity index (χ1v) is 10.9. The molecule has 0 aromatic heterocycles. The number of amides is 2. The maximum Gasteiger partial charge on any atom is 0.253 e. The molecule has 0 bridgehead atoms. The SMILES string of the molecule is CCCCNC(=O)C1CN(C(=O)c2ccc(OC)cc2)CC1c1cc(OC)ccc1OC. The third-order valence-corrected chi connectivity index (χ3v) is 5.95. The Labute approximate surface area is 189 Å². The summed E-state index contributed by atoms with van der Waals surface area (Å²) in [7, 11) is 4.80. The van der Waals surface area contributed by atoms with E-state index in [0.717, 1.165) is 18.4 Å². The number of unbranched alkanes of at least 4 members (excludes halogenated alkanes) is 1. The quantitative estimate of drug-likeness (QED) is 0.604. The lowest BCUT2D eigenvalue weighted by molar-refractivity contribution is -0.124. The number of ether oxygens (including phenoxy) is 3. The molecule has 1 aliphatic rings. The third-order valence-electron chi connectivity index (χ3n) is 5.95. The number of nitrogens with zero attached hydrogens (tertiary/aromatic N) is 1. The Morgan fingerprint density at radius 2 is 1.66 bits per heavy atom. The summed E-state index contributed by atoms with van der Waals surface area (Å²) in [6.45, 7) is 3.47. The highest BCUT2D eigenvalue weighted by Crippen LogP contribution is 2.40. The van der Waals surface area contributed by atoms with Gasteiger partial charge in [-0.05, 0) is 48.9 Å². The molecule has 1 N–H and O–H groups in total. The number of rotatable bonds is 9. The maximum atomic E-state index is 13.2. The molecule has 1 saturated heterocycles. The second-order valence-electron chi connectivity index (χ2n) is 7.90. The molecule has 7 nitrogen and oxygen atoms in total. The number of likely N-dealkylation sites (tertiary alicyclic amines) is 1. The van der Waals surface area contributed by atoms with Gasteiger partial charge in [0.15, 0.2) is 0 Å². The van der Waals surface area contributed by atoms with Gasteiger partial charge in [0, 0.05) is 36.7 Å². The van der Waals surface area contributed by atoms with Crippen molar-refractivity contribution in [1.29, 1.82) is 0 Å². The van der Waals surface area contributed by atoms with Crippen LogP contribution in [0.2, 0.25) is 0 Å². The van der Waals surface area contributed by atoms with Gasteiger partial charge in [0.25, 0.3) is 5.91 Å². The number of carbonyl (C=O) groups is 2. The van der Waals surface area contributed by atoms with Crippen LogP contribution >= 0.6 is 0 Å². The Morgan fingerprint density at radius 1 is 0.969 bits per heavy atom. The summed E-state index contributed by atoms with van der Waals surface area (Å²) >= 11 is 0. The predicted octanol–water partition coefficient (Wildman–Crippen LogP) is 3.48. The van der Waals surface area contributed by atoms with Gasteiger partial charge < -0.3 is 24.4 Å². The average molecular weight is 441 g/mol. The van der Waals surface area contributed by atoms with Crippen LogP contribution in [0.1, 0.15) is 41.6 Å². The molecule has 3 rings (SSSR count). The van der Waals surface area contributed by atoms with Gasteiger partial charge in [-0.3, -0.25) is 9.59 Å². The highest BCUT2D eigenvalue weighted by molar-refractivity contribution is 5.95. The Morgan fingerprint density at radius 3 is 2.28 bits per heavy atom. The van der Waals surface area contributed by atoms with Gasteiger partial charge in [0.2, 0.25) is 5.91 Å². The molecule has 1 fully saturated rings. The van der Waals surface area contributed by atoms with E-state index in [2.05, 4.69) is 12.2 Å². The molecule has 2 amide bonds. The molecule has 0 aliphatic carbocycles. The van der Waals surface area contributed by atoms with E-state index < -0.39 is 0 Å². The van der Waals surface area contributed by atoms with Crippen molar-refractivity contribution in [3.8, 4) is 17.2 Å². The first kappa shape index (κ1) is 23.4. The van der Waals surface area contributed by atoms with Gasteiger partial charge in [0.1, 0.15) is 17.2 Å². The Kier molecular flexibility index (Phi) is 7.98. The monoisotopic (exact) mass is 440 g/mol. The van der Waals surface area contributed by atoms with Gasteiger partial charge >= 0.3 is 0 Å². The minimum absolute atomic E-state index is 0.0432. The third kappa shape index (κ3) is 5.15. The van der Waals surface area contributed by atoms with Crippen molar-refractivity contribution in [3.63, 3.8) is 0 Å². The molecular weight excluding hydrogens is 408 g/mol. The molecule has 172 valence electrons. The van der Waals surface area contributed by atoms with Crippen molar-refractivity contribution in [3.05, 3.63) is 53.6 Å². The highest BCUT2D eigenvalue weighted by Gasteiger charge is 2.41. The molecule has 7 heteroatoms. The van der Waals surface area contributed by atoms with Gasteiger partial charge in [-0.1, -0.05) is 13.3 Å². The smallest absolute Gasteiger partial charge is 0.253 e. The molecular formula is C25H32N2O5. The summed E-state index contributed by atoms with van der Waals surface area (Å²) in [5.41, 5.74) is 1.43. The largest absolute Gasteiger partial charge is 0.497 e. The first-order chi connectivity index (χ1) is 15.5. The number of benzene rings is 2. The van der Waals surface area contributed by atoms with E-state index in [-0.39, 0.29) is 23.7 Å².